The molecule has 0 N–H and O–H groups in total. The van der Waals surface area contributed by atoms with Gasteiger partial charge in [-0.05, 0) is 19.8 Å². The van der Waals surface area contributed by atoms with E-state index in [-0.39, 0.29) is 10.7 Å². The third kappa shape index (κ3) is 8.25. The van der Waals surface area contributed by atoms with Crippen molar-refractivity contribution in [3.63, 3.8) is 0 Å². The number of unbranched alkanes of at least 4 members (excludes halogenated alkanes) is 1. The highest BCUT2D eigenvalue weighted by molar-refractivity contribution is 5.86. The SMILES string of the molecule is C=C(C)C(=O)OCCCC[N+](C)(C)Cc1ccccc1.[F-]. The number of ether oxygens (including phenoxy) is 1. The molecule has 1 aromatic carbocycles. The van der Waals surface area contributed by atoms with Crippen molar-refractivity contribution < 1.29 is 18.7 Å². The van der Waals surface area contributed by atoms with E-state index in [1.54, 1.807) is 6.92 Å². The molecule has 0 aliphatic rings. The molecule has 0 aliphatic heterocycles. The molecule has 3 nitrogen and oxygen atoms in total. The Kier molecular flexibility index (Phi) is 8.55. The maximum atomic E-state index is 11.2. The van der Waals surface area contributed by atoms with Crippen molar-refractivity contribution in [1.82, 2.24) is 0 Å². The van der Waals surface area contributed by atoms with E-state index in [1.807, 2.05) is 6.07 Å². The first kappa shape index (κ1) is 19.3. The van der Waals surface area contributed by atoms with Crippen LogP contribution in [0.15, 0.2) is 42.5 Å². The number of hydrogen-bond acceptors (Lipinski definition) is 2. The van der Waals surface area contributed by atoms with E-state index in [1.165, 1.54) is 5.56 Å². The summed E-state index contributed by atoms with van der Waals surface area (Å²) in [5.41, 5.74) is 1.82. The van der Waals surface area contributed by atoms with Crippen LogP contribution in [-0.4, -0.2) is 37.7 Å². The number of quaternary nitrogens is 1. The van der Waals surface area contributed by atoms with Crippen LogP contribution in [0.2, 0.25) is 0 Å². The van der Waals surface area contributed by atoms with Gasteiger partial charge in [0.1, 0.15) is 6.54 Å². The first-order chi connectivity index (χ1) is 9.41. The van der Waals surface area contributed by atoms with Crippen LogP contribution < -0.4 is 4.70 Å². The number of nitrogens with zero attached hydrogens (tertiary/aromatic N) is 1. The summed E-state index contributed by atoms with van der Waals surface area (Å²) in [6.07, 6.45) is 1.94. The van der Waals surface area contributed by atoms with Crippen molar-refractivity contribution in [2.75, 3.05) is 27.2 Å². The molecule has 0 aliphatic carbocycles. The standard InChI is InChI=1S/C17H26NO2.FH/c1-15(2)17(19)20-13-9-8-12-18(3,4)14-16-10-6-5-7-11-16;/h5-7,10-11H,1,8-9,12-14H2,2-4H3;1H/q+1;/p-1. The van der Waals surface area contributed by atoms with Crippen LogP contribution in [0.25, 0.3) is 0 Å². The predicted molar refractivity (Wildman–Crippen MR) is 82.1 cm³/mol. The smallest absolute Gasteiger partial charge is 0.333 e. The molecule has 0 radical (unpaired) electrons. The number of halogens is 1. The normalized spacial score (nSPS) is 10.6. The van der Waals surface area contributed by atoms with Crippen molar-refractivity contribution >= 4 is 5.97 Å². The van der Waals surface area contributed by atoms with Crippen LogP contribution in [0.3, 0.4) is 0 Å². The molecule has 118 valence electrons. The summed E-state index contributed by atoms with van der Waals surface area (Å²) < 4.78 is 6.03. The molecule has 1 rings (SSSR count). The minimum atomic E-state index is -0.289. The lowest BCUT2D eigenvalue weighted by Gasteiger charge is -2.30. The quantitative estimate of drug-likeness (QED) is 0.296. The van der Waals surface area contributed by atoms with Gasteiger partial charge in [-0.1, -0.05) is 36.9 Å². The van der Waals surface area contributed by atoms with Crippen molar-refractivity contribution in [3.05, 3.63) is 48.0 Å². The molecular weight excluding hydrogens is 269 g/mol. The van der Waals surface area contributed by atoms with Crippen LogP contribution in [0.1, 0.15) is 25.3 Å². The zero-order valence-electron chi connectivity index (χ0n) is 13.3. The Morgan fingerprint density at radius 1 is 1.19 bits per heavy atom. The Balaban J connectivity index is 0.00000400. The average molecular weight is 295 g/mol. The van der Waals surface area contributed by atoms with Gasteiger partial charge in [-0.25, -0.2) is 4.79 Å². The average Bonchev–Trinajstić information content (AvgIpc) is 2.38. The second-order valence-electron chi connectivity index (χ2n) is 5.93. The van der Waals surface area contributed by atoms with E-state index >= 15 is 0 Å². The van der Waals surface area contributed by atoms with Crippen LogP contribution in [0.5, 0.6) is 0 Å². The summed E-state index contributed by atoms with van der Waals surface area (Å²) in [6, 6.07) is 10.5. The zero-order chi connectivity index (χ0) is 15.0. The molecule has 0 amide bonds. The third-order valence-corrected chi connectivity index (χ3v) is 3.19. The molecule has 1 aromatic rings. The summed E-state index contributed by atoms with van der Waals surface area (Å²) in [7, 11) is 4.46. The number of benzene rings is 1. The summed E-state index contributed by atoms with van der Waals surface area (Å²) in [5.74, 6) is -0.289. The van der Waals surface area contributed by atoms with Gasteiger partial charge in [0.15, 0.2) is 0 Å². The minimum Gasteiger partial charge on any atom is -1.00 e. The van der Waals surface area contributed by atoms with E-state index in [9.17, 15) is 4.79 Å². The van der Waals surface area contributed by atoms with E-state index < -0.39 is 0 Å². The maximum absolute atomic E-state index is 11.2. The van der Waals surface area contributed by atoms with Gasteiger partial charge in [0.2, 0.25) is 0 Å². The highest BCUT2D eigenvalue weighted by Gasteiger charge is 2.15. The van der Waals surface area contributed by atoms with Crippen LogP contribution >= 0.6 is 0 Å². The highest BCUT2D eigenvalue weighted by atomic mass is 19.0. The molecule has 21 heavy (non-hydrogen) atoms. The van der Waals surface area contributed by atoms with Crippen LogP contribution in [0, 0.1) is 0 Å². The topological polar surface area (TPSA) is 26.3 Å². The Hall–Kier alpha value is -1.68. The predicted octanol–water partition coefficient (Wildman–Crippen LogP) is 0.167. The lowest BCUT2D eigenvalue weighted by Crippen LogP contribution is -3.00. The number of esters is 1. The van der Waals surface area contributed by atoms with Crippen molar-refractivity contribution in [1.29, 1.82) is 0 Å². The molecule has 0 saturated carbocycles. The van der Waals surface area contributed by atoms with Gasteiger partial charge >= 0.3 is 5.97 Å². The Morgan fingerprint density at radius 3 is 2.38 bits per heavy atom. The molecule has 0 saturated heterocycles. The zero-order valence-corrected chi connectivity index (χ0v) is 13.3. The van der Waals surface area contributed by atoms with Gasteiger partial charge in [-0.3, -0.25) is 0 Å². The van der Waals surface area contributed by atoms with Gasteiger partial charge in [0.25, 0.3) is 0 Å². The number of carbonyl (C=O) groups is 1. The van der Waals surface area contributed by atoms with Crippen molar-refractivity contribution in [2.45, 2.75) is 26.3 Å². The fraction of sp³-hybridized carbons (Fsp3) is 0.471. The Morgan fingerprint density at radius 2 is 1.81 bits per heavy atom. The highest BCUT2D eigenvalue weighted by Crippen LogP contribution is 2.10. The summed E-state index contributed by atoms with van der Waals surface area (Å²) in [4.78, 5) is 11.2. The molecule has 0 spiro atoms. The van der Waals surface area contributed by atoms with Crippen LogP contribution in [-0.2, 0) is 16.1 Å². The Bertz CT molecular complexity index is 443. The molecule has 0 heterocycles. The third-order valence-electron chi connectivity index (χ3n) is 3.19. The van der Waals surface area contributed by atoms with E-state index in [0.717, 1.165) is 30.4 Å². The lowest BCUT2D eigenvalue weighted by molar-refractivity contribution is -0.903. The molecule has 0 bridgehead atoms. The monoisotopic (exact) mass is 295 g/mol. The Labute approximate surface area is 127 Å². The second-order valence-corrected chi connectivity index (χ2v) is 5.93. The first-order valence-electron chi connectivity index (χ1n) is 7.09. The fourth-order valence-electron chi connectivity index (χ4n) is 2.09. The molecular formula is C17H26FNO2. The number of carbonyl (C=O) groups excluding carboxylic acids is 1. The van der Waals surface area contributed by atoms with E-state index in [4.69, 9.17) is 4.74 Å². The van der Waals surface area contributed by atoms with Gasteiger partial charge in [0, 0.05) is 11.1 Å². The molecule has 0 unspecified atom stereocenters. The molecule has 0 atom stereocenters. The van der Waals surface area contributed by atoms with Gasteiger partial charge < -0.3 is 13.9 Å². The molecule has 4 heteroatoms. The minimum absolute atomic E-state index is 0. The van der Waals surface area contributed by atoms with Crippen molar-refractivity contribution in [3.8, 4) is 0 Å². The summed E-state index contributed by atoms with van der Waals surface area (Å²) >= 11 is 0. The summed E-state index contributed by atoms with van der Waals surface area (Å²) in [6.45, 7) is 7.80. The summed E-state index contributed by atoms with van der Waals surface area (Å²) in [5, 5.41) is 0. The van der Waals surface area contributed by atoms with Gasteiger partial charge in [0.05, 0.1) is 27.2 Å². The largest absolute Gasteiger partial charge is 1.00 e. The van der Waals surface area contributed by atoms with Crippen molar-refractivity contribution in [2.24, 2.45) is 0 Å². The molecule has 0 aromatic heterocycles. The maximum Gasteiger partial charge on any atom is 0.333 e. The van der Waals surface area contributed by atoms with Crippen LogP contribution in [0.4, 0.5) is 0 Å². The first-order valence-corrected chi connectivity index (χ1v) is 7.09. The number of rotatable bonds is 8. The lowest BCUT2D eigenvalue weighted by atomic mass is 10.2. The second kappa shape index (κ2) is 9.29. The fourth-order valence-corrected chi connectivity index (χ4v) is 2.09. The molecule has 0 fully saturated rings. The number of hydrogen-bond donors (Lipinski definition) is 0. The van der Waals surface area contributed by atoms with E-state index in [0.29, 0.717) is 12.2 Å². The van der Waals surface area contributed by atoms with E-state index in [2.05, 4.69) is 44.9 Å². The van der Waals surface area contributed by atoms with Gasteiger partial charge in [-0.2, -0.15) is 0 Å². The van der Waals surface area contributed by atoms with Gasteiger partial charge in [-0.15, -0.1) is 0 Å².